The highest BCUT2D eigenvalue weighted by atomic mass is 17.2. The minimum atomic E-state index is -0.578. The Morgan fingerprint density at radius 1 is 0.808 bits per heavy atom. The van der Waals surface area contributed by atoms with Gasteiger partial charge in [0, 0.05) is 0 Å². The van der Waals surface area contributed by atoms with E-state index < -0.39 is 5.97 Å². The molecule has 146 valence electrons. The average molecular weight is 364 g/mol. The van der Waals surface area contributed by atoms with Gasteiger partial charge in [0.1, 0.15) is 23.2 Å². The van der Waals surface area contributed by atoms with Crippen LogP contribution < -0.4 is 9.47 Å². The number of rotatable bonds is 5. The first-order valence-electron chi connectivity index (χ1n) is 9.85. The van der Waals surface area contributed by atoms with Gasteiger partial charge in [0.05, 0.1) is 14.2 Å². The van der Waals surface area contributed by atoms with Crippen molar-refractivity contribution in [2.24, 2.45) is 0 Å². The molecule has 2 rings (SSSR count). The Hall–Kier alpha value is -1.75. The first-order valence-corrected chi connectivity index (χ1v) is 9.85. The lowest BCUT2D eigenvalue weighted by Crippen LogP contribution is -2.18. The maximum Gasteiger partial charge on any atom is 0.380 e. The van der Waals surface area contributed by atoms with E-state index in [0.29, 0.717) is 11.5 Å². The maximum atomic E-state index is 12.5. The van der Waals surface area contributed by atoms with Gasteiger partial charge in [-0.15, -0.1) is 0 Å². The molecule has 0 radical (unpaired) electrons. The van der Waals surface area contributed by atoms with Crippen molar-refractivity contribution in [2.45, 2.75) is 76.7 Å². The number of benzene rings is 1. The SMILES string of the molecule is COc1cccc(OC)c1C(=O)OOC1CCCCCCCCCCC1. The molecule has 0 amide bonds. The van der Waals surface area contributed by atoms with Crippen LogP contribution in [0.1, 0.15) is 81.0 Å². The summed E-state index contributed by atoms with van der Waals surface area (Å²) in [7, 11) is 3.03. The molecule has 1 aromatic rings. The molecule has 1 saturated carbocycles. The highest BCUT2D eigenvalue weighted by molar-refractivity contribution is 5.95. The lowest BCUT2D eigenvalue weighted by atomic mass is 9.99. The van der Waals surface area contributed by atoms with E-state index in [4.69, 9.17) is 19.2 Å². The van der Waals surface area contributed by atoms with Crippen LogP contribution in [0.5, 0.6) is 11.5 Å². The molecule has 1 aliphatic carbocycles. The second-order valence-electron chi connectivity index (χ2n) is 6.89. The van der Waals surface area contributed by atoms with Gasteiger partial charge in [-0.1, -0.05) is 63.9 Å². The number of hydrogen-bond donors (Lipinski definition) is 0. The standard InChI is InChI=1S/C21H32O5/c1-23-18-15-12-16-19(24-2)20(18)21(22)26-25-17-13-10-8-6-4-3-5-7-9-11-14-17/h12,15-17H,3-11,13-14H2,1-2H3. The van der Waals surface area contributed by atoms with E-state index in [1.807, 2.05) is 0 Å². The number of hydrogen-bond acceptors (Lipinski definition) is 5. The van der Waals surface area contributed by atoms with Gasteiger partial charge < -0.3 is 9.47 Å². The van der Waals surface area contributed by atoms with Crippen molar-refractivity contribution >= 4 is 5.97 Å². The van der Waals surface area contributed by atoms with Crippen LogP contribution >= 0.6 is 0 Å². The van der Waals surface area contributed by atoms with Gasteiger partial charge in [0.2, 0.25) is 0 Å². The van der Waals surface area contributed by atoms with Gasteiger partial charge in [0.25, 0.3) is 0 Å². The molecule has 0 bridgehead atoms. The largest absolute Gasteiger partial charge is 0.496 e. The number of ether oxygens (including phenoxy) is 2. The Kier molecular flexibility index (Phi) is 9.32. The van der Waals surface area contributed by atoms with Crippen molar-refractivity contribution in [1.82, 2.24) is 0 Å². The van der Waals surface area contributed by atoms with Crippen molar-refractivity contribution in [1.29, 1.82) is 0 Å². The van der Waals surface area contributed by atoms with Crippen LogP contribution in [0.25, 0.3) is 0 Å². The van der Waals surface area contributed by atoms with Gasteiger partial charge in [-0.2, -0.15) is 4.89 Å². The molecule has 5 nitrogen and oxygen atoms in total. The molecule has 1 aliphatic rings. The van der Waals surface area contributed by atoms with E-state index >= 15 is 0 Å². The third kappa shape index (κ3) is 6.52. The highest BCUT2D eigenvalue weighted by Gasteiger charge is 2.22. The van der Waals surface area contributed by atoms with Gasteiger partial charge >= 0.3 is 5.97 Å². The van der Waals surface area contributed by atoms with Gasteiger partial charge in [-0.05, 0) is 25.0 Å². The summed E-state index contributed by atoms with van der Waals surface area (Å²) >= 11 is 0. The minimum Gasteiger partial charge on any atom is -0.496 e. The van der Waals surface area contributed by atoms with Crippen LogP contribution in [0.2, 0.25) is 0 Å². The molecule has 0 aliphatic heterocycles. The quantitative estimate of drug-likeness (QED) is 0.512. The third-order valence-electron chi connectivity index (χ3n) is 4.94. The molecular formula is C21H32O5. The number of carbonyl (C=O) groups is 1. The van der Waals surface area contributed by atoms with E-state index in [1.165, 1.54) is 59.2 Å². The summed E-state index contributed by atoms with van der Waals surface area (Å²) < 4.78 is 10.5. The van der Waals surface area contributed by atoms with Crippen molar-refractivity contribution in [3.63, 3.8) is 0 Å². The second kappa shape index (κ2) is 11.8. The lowest BCUT2D eigenvalue weighted by molar-refractivity contribution is -0.277. The van der Waals surface area contributed by atoms with Crippen molar-refractivity contribution in [3.8, 4) is 11.5 Å². The topological polar surface area (TPSA) is 54.0 Å². The Labute approximate surface area is 156 Å². The molecule has 0 aromatic heterocycles. The van der Waals surface area contributed by atoms with Crippen LogP contribution in [0.3, 0.4) is 0 Å². The van der Waals surface area contributed by atoms with E-state index in [-0.39, 0.29) is 11.7 Å². The van der Waals surface area contributed by atoms with Gasteiger partial charge in [0.15, 0.2) is 0 Å². The lowest BCUT2D eigenvalue weighted by Gasteiger charge is -2.18. The molecule has 0 saturated heterocycles. The average Bonchev–Trinajstić information content (AvgIpc) is 2.66. The smallest absolute Gasteiger partial charge is 0.380 e. The zero-order chi connectivity index (χ0) is 18.6. The van der Waals surface area contributed by atoms with E-state index in [9.17, 15) is 4.79 Å². The summed E-state index contributed by atoms with van der Waals surface area (Å²) in [6, 6.07) is 5.17. The zero-order valence-corrected chi connectivity index (χ0v) is 16.1. The summed E-state index contributed by atoms with van der Waals surface area (Å²) in [5.74, 6) is 0.249. The summed E-state index contributed by atoms with van der Waals surface area (Å²) in [5.41, 5.74) is 0.255. The van der Waals surface area contributed by atoms with Crippen LogP contribution in [0.15, 0.2) is 18.2 Å². The Balaban J connectivity index is 1.93. The predicted molar refractivity (Wildman–Crippen MR) is 101 cm³/mol. The fourth-order valence-corrected chi connectivity index (χ4v) is 3.43. The maximum absolute atomic E-state index is 12.5. The molecule has 1 aromatic carbocycles. The number of carbonyl (C=O) groups excluding carboxylic acids is 1. The van der Waals surface area contributed by atoms with Crippen molar-refractivity contribution in [2.75, 3.05) is 14.2 Å². The van der Waals surface area contributed by atoms with E-state index in [0.717, 1.165) is 25.7 Å². The molecule has 26 heavy (non-hydrogen) atoms. The molecule has 5 heteroatoms. The second-order valence-corrected chi connectivity index (χ2v) is 6.89. The number of methoxy groups -OCH3 is 2. The molecule has 0 spiro atoms. The van der Waals surface area contributed by atoms with Gasteiger partial charge in [-0.3, -0.25) is 4.89 Å². The highest BCUT2D eigenvalue weighted by Crippen LogP contribution is 2.29. The molecular weight excluding hydrogens is 332 g/mol. The Morgan fingerprint density at radius 2 is 1.27 bits per heavy atom. The molecule has 0 N–H and O–H groups in total. The molecule has 1 fully saturated rings. The fourth-order valence-electron chi connectivity index (χ4n) is 3.43. The van der Waals surface area contributed by atoms with Crippen LogP contribution in [-0.2, 0) is 9.78 Å². The first-order chi connectivity index (χ1) is 12.8. The normalized spacial score (nSPS) is 17.6. The van der Waals surface area contributed by atoms with Gasteiger partial charge in [-0.25, -0.2) is 4.79 Å². The predicted octanol–water partition coefficient (Wildman–Crippen LogP) is 5.47. The van der Waals surface area contributed by atoms with Crippen molar-refractivity contribution in [3.05, 3.63) is 23.8 Å². The fraction of sp³-hybridized carbons (Fsp3) is 0.667. The summed E-state index contributed by atoms with van der Waals surface area (Å²) in [4.78, 5) is 23.2. The molecule has 0 heterocycles. The molecule has 0 atom stereocenters. The van der Waals surface area contributed by atoms with E-state index in [1.54, 1.807) is 18.2 Å². The van der Waals surface area contributed by atoms with Crippen LogP contribution in [-0.4, -0.2) is 26.3 Å². The van der Waals surface area contributed by atoms with Crippen LogP contribution in [0, 0.1) is 0 Å². The first kappa shape index (κ1) is 20.6. The summed E-state index contributed by atoms with van der Waals surface area (Å²) in [6.45, 7) is 0. The summed E-state index contributed by atoms with van der Waals surface area (Å²) in [5, 5.41) is 0. The molecule has 0 unspecified atom stereocenters. The third-order valence-corrected chi connectivity index (χ3v) is 4.94. The van der Waals surface area contributed by atoms with Crippen molar-refractivity contribution < 1.29 is 24.0 Å². The monoisotopic (exact) mass is 364 g/mol. The minimum absolute atomic E-state index is 0.0425. The van der Waals surface area contributed by atoms with Crippen LogP contribution in [0.4, 0.5) is 0 Å². The van der Waals surface area contributed by atoms with E-state index in [2.05, 4.69) is 0 Å². The summed E-state index contributed by atoms with van der Waals surface area (Å²) in [6.07, 6.45) is 13.0. The Bertz CT molecular complexity index is 509. The Morgan fingerprint density at radius 3 is 1.73 bits per heavy atom. The zero-order valence-electron chi connectivity index (χ0n) is 16.1.